The van der Waals surface area contributed by atoms with Crippen molar-refractivity contribution in [2.24, 2.45) is 5.92 Å². The lowest BCUT2D eigenvalue weighted by Crippen LogP contribution is -2.12. The van der Waals surface area contributed by atoms with E-state index < -0.39 is 0 Å². The van der Waals surface area contributed by atoms with E-state index in [9.17, 15) is 4.79 Å². The molecule has 0 saturated heterocycles. The van der Waals surface area contributed by atoms with Crippen molar-refractivity contribution in [2.45, 2.75) is 52.4 Å². The van der Waals surface area contributed by atoms with E-state index in [-0.39, 0.29) is 5.97 Å². The fraction of sp³-hybridized carbons (Fsp3) is 0.786. The molecule has 0 amide bonds. The minimum atomic E-state index is -0.167. The van der Waals surface area contributed by atoms with Gasteiger partial charge in [0.15, 0.2) is 0 Å². The maximum Gasteiger partial charge on any atom is 0.307 e. The van der Waals surface area contributed by atoms with Crippen LogP contribution in [0.5, 0.6) is 0 Å². The highest BCUT2D eigenvalue weighted by Gasteiger charge is 1.96. The van der Waals surface area contributed by atoms with E-state index in [1.54, 1.807) is 0 Å². The van der Waals surface area contributed by atoms with Crippen LogP contribution in [0.2, 0.25) is 0 Å². The van der Waals surface area contributed by atoms with Gasteiger partial charge < -0.3 is 10.1 Å². The zero-order chi connectivity index (χ0) is 12.9. The van der Waals surface area contributed by atoms with Crippen molar-refractivity contribution >= 4 is 5.97 Å². The summed E-state index contributed by atoms with van der Waals surface area (Å²) in [6.45, 7) is 5.19. The van der Waals surface area contributed by atoms with Gasteiger partial charge >= 0.3 is 5.97 Å². The first-order valence-corrected chi connectivity index (χ1v) is 6.62. The minimum absolute atomic E-state index is 0.167. The van der Waals surface area contributed by atoms with E-state index in [4.69, 9.17) is 0 Å². The molecule has 17 heavy (non-hydrogen) atoms. The molecule has 0 fully saturated rings. The van der Waals surface area contributed by atoms with Crippen molar-refractivity contribution in [3.8, 4) is 0 Å². The number of methoxy groups -OCH3 is 1. The molecule has 0 aliphatic carbocycles. The molecule has 0 aromatic heterocycles. The second-order valence-electron chi connectivity index (χ2n) is 4.71. The number of hydrogen-bond acceptors (Lipinski definition) is 3. The van der Waals surface area contributed by atoms with Gasteiger partial charge in [0.2, 0.25) is 0 Å². The van der Waals surface area contributed by atoms with Crippen LogP contribution >= 0.6 is 0 Å². The summed E-state index contributed by atoms with van der Waals surface area (Å²) in [7, 11) is 1.41. The summed E-state index contributed by atoms with van der Waals surface area (Å²) < 4.78 is 4.54. The summed E-state index contributed by atoms with van der Waals surface area (Å²) in [5.41, 5.74) is 0. The molecular weight excluding hydrogens is 214 g/mol. The smallest absolute Gasteiger partial charge is 0.307 e. The molecule has 0 aromatic carbocycles. The highest BCUT2D eigenvalue weighted by atomic mass is 16.5. The van der Waals surface area contributed by atoms with Gasteiger partial charge in [-0.3, -0.25) is 4.79 Å². The number of nitrogens with one attached hydrogen (secondary N) is 1. The predicted molar refractivity (Wildman–Crippen MR) is 71.7 cm³/mol. The van der Waals surface area contributed by atoms with Crippen LogP contribution in [-0.4, -0.2) is 19.6 Å². The van der Waals surface area contributed by atoms with Crippen LogP contribution in [0.15, 0.2) is 12.3 Å². The monoisotopic (exact) mass is 241 g/mol. The standard InChI is InChI=1S/C14H27NO2/c1-13(2)9-7-5-4-6-8-11-15-12-10-14(16)17-3/h8,11,13,15H,4-7,9-10,12H2,1-3H3. The summed E-state index contributed by atoms with van der Waals surface area (Å²) in [6.07, 6.45) is 10.8. The zero-order valence-electron chi connectivity index (χ0n) is 11.5. The Labute approximate surface area is 106 Å². The van der Waals surface area contributed by atoms with E-state index in [0.29, 0.717) is 13.0 Å². The quantitative estimate of drug-likeness (QED) is 0.471. The summed E-state index contributed by atoms with van der Waals surface area (Å²) in [5.74, 6) is 0.658. The van der Waals surface area contributed by atoms with Gasteiger partial charge in [0.1, 0.15) is 0 Å². The average molecular weight is 241 g/mol. The van der Waals surface area contributed by atoms with Gasteiger partial charge in [0.05, 0.1) is 13.5 Å². The summed E-state index contributed by atoms with van der Waals surface area (Å²) in [6, 6.07) is 0. The molecule has 0 heterocycles. The highest BCUT2D eigenvalue weighted by Crippen LogP contribution is 2.09. The maximum atomic E-state index is 10.8. The Kier molecular flexibility index (Phi) is 10.8. The zero-order valence-corrected chi connectivity index (χ0v) is 11.5. The number of rotatable bonds is 10. The van der Waals surface area contributed by atoms with Crippen LogP contribution in [0.1, 0.15) is 52.4 Å². The molecular formula is C14H27NO2. The summed E-state index contributed by atoms with van der Waals surface area (Å²) in [4.78, 5) is 10.8. The maximum absolute atomic E-state index is 10.8. The Bertz CT molecular complexity index is 212. The van der Waals surface area contributed by atoms with Crippen molar-refractivity contribution < 1.29 is 9.53 Å². The van der Waals surface area contributed by atoms with Gasteiger partial charge in [-0.2, -0.15) is 0 Å². The molecule has 0 atom stereocenters. The van der Waals surface area contributed by atoms with E-state index in [1.165, 1.54) is 32.8 Å². The normalized spacial score (nSPS) is 11.1. The molecule has 0 unspecified atom stereocenters. The van der Waals surface area contributed by atoms with Crippen LogP contribution in [0.25, 0.3) is 0 Å². The van der Waals surface area contributed by atoms with Crippen LogP contribution in [-0.2, 0) is 9.53 Å². The Morgan fingerprint density at radius 2 is 2.06 bits per heavy atom. The highest BCUT2D eigenvalue weighted by molar-refractivity contribution is 5.69. The molecule has 3 nitrogen and oxygen atoms in total. The van der Waals surface area contributed by atoms with Crippen LogP contribution < -0.4 is 5.32 Å². The van der Waals surface area contributed by atoms with E-state index in [1.807, 2.05) is 6.20 Å². The number of ether oxygens (including phenoxy) is 1. The van der Waals surface area contributed by atoms with Gasteiger partial charge in [-0.15, -0.1) is 0 Å². The van der Waals surface area contributed by atoms with Crippen molar-refractivity contribution in [1.29, 1.82) is 0 Å². The van der Waals surface area contributed by atoms with Crippen molar-refractivity contribution in [3.05, 3.63) is 12.3 Å². The summed E-state index contributed by atoms with van der Waals surface area (Å²) >= 11 is 0. The van der Waals surface area contributed by atoms with Gasteiger partial charge in [0.25, 0.3) is 0 Å². The molecule has 0 aliphatic heterocycles. The molecule has 0 radical (unpaired) electrons. The Morgan fingerprint density at radius 1 is 1.29 bits per heavy atom. The lowest BCUT2D eigenvalue weighted by molar-refractivity contribution is -0.140. The van der Waals surface area contributed by atoms with Crippen molar-refractivity contribution in [2.75, 3.05) is 13.7 Å². The third-order valence-corrected chi connectivity index (χ3v) is 2.59. The number of carbonyl (C=O) groups excluding carboxylic acids is 1. The topological polar surface area (TPSA) is 38.3 Å². The number of carbonyl (C=O) groups is 1. The van der Waals surface area contributed by atoms with Gasteiger partial charge in [0, 0.05) is 6.54 Å². The SMILES string of the molecule is COC(=O)CCNC=CCCCCCC(C)C. The molecule has 3 heteroatoms. The van der Waals surface area contributed by atoms with Gasteiger partial charge in [-0.1, -0.05) is 39.2 Å². The average Bonchev–Trinajstić information content (AvgIpc) is 2.30. The first-order valence-electron chi connectivity index (χ1n) is 6.62. The number of esters is 1. The fourth-order valence-electron chi connectivity index (χ4n) is 1.52. The molecule has 0 rings (SSSR count). The van der Waals surface area contributed by atoms with Crippen LogP contribution in [0.4, 0.5) is 0 Å². The third kappa shape index (κ3) is 12.9. The number of allylic oxidation sites excluding steroid dienone is 1. The molecule has 0 aliphatic rings. The second kappa shape index (κ2) is 11.5. The Balaban J connectivity index is 3.17. The molecule has 0 bridgehead atoms. The molecule has 0 spiro atoms. The predicted octanol–water partition coefficient (Wildman–Crippen LogP) is 3.26. The Morgan fingerprint density at radius 3 is 2.71 bits per heavy atom. The fourth-order valence-corrected chi connectivity index (χ4v) is 1.52. The van der Waals surface area contributed by atoms with Gasteiger partial charge in [-0.25, -0.2) is 0 Å². The molecule has 0 aromatic rings. The first-order chi connectivity index (χ1) is 8.16. The van der Waals surface area contributed by atoms with E-state index in [0.717, 1.165) is 12.3 Å². The van der Waals surface area contributed by atoms with E-state index >= 15 is 0 Å². The lowest BCUT2D eigenvalue weighted by Gasteiger charge is -2.02. The van der Waals surface area contributed by atoms with Crippen LogP contribution in [0.3, 0.4) is 0 Å². The third-order valence-electron chi connectivity index (χ3n) is 2.59. The van der Waals surface area contributed by atoms with Gasteiger partial charge in [-0.05, 0) is 25.0 Å². The second-order valence-corrected chi connectivity index (χ2v) is 4.71. The van der Waals surface area contributed by atoms with Crippen LogP contribution in [0, 0.1) is 5.92 Å². The molecule has 1 N–H and O–H groups in total. The van der Waals surface area contributed by atoms with Crippen molar-refractivity contribution in [3.63, 3.8) is 0 Å². The molecule has 0 saturated carbocycles. The lowest BCUT2D eigenvalue weighted by atomic mass is 10.0. The Hall–Kier alpha value is -0.990. The molecule has 100 valence electrons. The van der Waals surface area contributed by atoms with Crippen molar-refractivity contribution in [1.82, 2.24) is 5.32 Å². The number of hydrogen-bond donors (Lipinski definition) is 1. The summed E-state index contributed by atoms with van der Waals surface area (Å²) in [5, 5.41) is 3.08. The minimum Gasteiger partial charge on any atom is -0.469 e. The number of unbranched alkanes of at least 4 members (excludes halogenated alkanes) is 3. The first kappa shape index (κ1) is 16.0. The van der Waals surface area contributed by atoms with E-state index in [2.05, 4.69) is 30.0 Å². The largest absolute Gasteiger partial charge is 0.469 e.